The Morgan fingerprint density at radius 3 is 2.67 bits per heavy atom. The summed E-state index contributed by atoms with van der Waals surface area (Å²) in [6.45, 7) is 1.74. The fraction of sp³-hybridized carbons (Fsp3) is 0.300. The van der Waals surface area contributed by atoms with Gasteiger partial charge < -0.3 is 15.2 Å². The van der Waals surface area contributed by atoms with Crippen LogP contribution in [0, 0.1) is 11.3 Å². The first-order valence-corrected chi connectivity index (χ1v) is 10.2. The standard InChI is InChI=1S/C20H18ClN3O5S/c1-3-29-20(27)16-15(10-6-4-5-7-12(10)21)11(9-22)17(23)24-18(26)13(30-19(16)24)8-14(25)28-2/h4-7,13,15H,3,8,23H2,1-2H3/t13-,15+/m1/s1. The number of esters is 2. The zero-order valence-corrected chi connectivity index (χ0v) is 17.7. The van der Waals surface area contributed by atoms with Crippen LogP contribution in [0.2, 0.25) is 5.02 Å². The molecule has 2 N–H and O–H groups in total. The molecule has 0 spiro atoms. The summed E-state index contributed by atoms with van der Waals surface area (Å²) in [7, 11) is 1.22. The summed E-state index contributed by atoms with van der Waals surface area (Å²) in [6, 6.07) is 8.77. The second-order valence-electron chi connectivity index (χ2n) is 6.36. The molecule has 1 amide bonds. The lowest BCUT2D eigenvalue weighted by Crippen LogP contribution is -2.38. The number of nitrogens with two attached hydrogens (primary N) is 1. The largest absolute Gasteiger partial charge is 0.469 e. The van der Waals surface area contributed by atoms with Crippen LogP contribution in [0.3, 0.4) is 0 Å². The molecule has 0 bridgehead atoms. The smallest absolute Gasteiger partial charge is 0.337 e. The Hall–Kier alpha value is -2.96. The lowest BCUT2D eigenvalue weighted by molar-refractivity contribution is -0.142. The van der Waals surface area contributed by atoms with Crippen molar-refractivity contribution in [2.75, 3.05) is 13.7 Å². The summed E-state index contributed by atoms with van der Waals surface area (Å²) < 4.78 is 9.88. The van der Waals surface area contributed by atoms with E-state index in [2.05, 4.69) is 4.74 Å². The van der Waals surface area contributed by atoms with E-state index in [1.54, 1.807) is 31.2 Å². The minimum Gasteiger partial charge on any atom is -0.469 e. The van der Waals surface area contributed by atoms with Crippen LogP contribution in [0.1, 0.15) is 24.8 Å². The second kappa shape index (κ2) is 8.81. The number of methoxy groups -OCH3 is 1. The molecule has 0 aromatic heterocycles. The summed E-state index contributed by atoms with van der Waals surface area (Å²) in [4.78, 5) is 38.8. The number of ether oxygens (including phenoxy) is 2. The number of rotatable bonds is 5. The Labute approximate surface area is 182 Å². The van der Waals surface area contributed by atoms with Gasteiger partial charge >= 0.3 is 11.9 Å². The van der Waals surface area contributed by atoms with Gasteiger partial charge in [0.1, 0.15) is 11.1 Å². The maximum Gasteiger partial charge on any atom is 0.337 e. The number of carbonyl (C=O) groups is 3. The fourth-order valence-corrected chi connectivity index (χ4v) is 4.91. The molecule has 0 unspecified atom stereocenters. The van der Waals surface area contributed by atoms with Crippen LogP contribution >= 0.6 is 23.4 Å². The van der Waals surface area contributed by atoms with Crippen molar-refractivity contribution in [2.24, 2.45) is 5.73 Å². The maximum atomic E-state index is 13.0. The van der Waals surface area contributed by atoms with Gasteiger partial charge in [0.2, 0.25) is 5.91 Å². The Kier molecular flexibility index (Phi) is 6.39. The maximum absolute atomic E-state index is 13.0. The van der Waals surface area contributed by atoms with Crippen molar-refractivity contribution in [3.8, 4) is 6.07 Å². The Morgan fingerprint density at radius 1 is 1.37 bits per heavy atom. The minimum absolute atomic E-state index is 0.00238. The quantitative estimate of drug-likeness (QED) is 0.682. The average molecular weight is 448 g/mol. The molecule has 2 heterocycles. The number of amides is 1. The van der Waals surface area contributed by atoms with Crippen LogP contribution in [-0.4, -0.2) is 41.7 Å². The Balaban J connectivity index is 2.23. The average Bonchev–Trinajstić information content (AvgIpc) is 3.04. The normalized spacial score (nSPS) is 20.7. The molecule has 30 heavy (non-hydrogen) atoms. The summed E-state index contributed by atoms with van der Waals surface area (Å²) in [6.07, 6.45) is -0.206. The number of benzene rings is 1. The second-order valence-corrected chi connectivity index (χ2v) is 7.96. The molecule has 10 heteroatoms. The number of carbonyl (C=O) groups excluding carboxylic acids is 3. The number of nitriles is 1. The molecular formula is C20H18ClN3O5S. The molecule has 156 valence electrons. The third-order valence-corrected chi connectivity index (χ3v) is 6.31. The van der Waals surface area contributed by atoms with E-state index in [0.717, 1.165) is 16.7 Å². The number of thioether (sulfide) groups is 1. The lowest BCUT2D eigenvalue weighted by Gasteiger charge is -2.31. The molecule has 1 fully saturated rings. The Bertz CT molecular complexity index is 1030. The van der Waals surface area contributed by atoms with Crippen LogP contribution in [0.25, 0.3) is 0 Å². The molecule has 0 aliphatic carbocycles. The minimum atomic E-state index is -0.911. The van der Waals surface area contributed by atoms with Gasteiger partial charge in [0.15, 0.2) is 0 Å². The highest BCUT2D eigenvalue weighted by Crippen LogP contribution is 2.50. The summed E-state index contributed by atoms with van der Waals surface area (Å²) in [5.41, 5.74) is 6.78. The first kappa shape index (κ1) is 21.7. The zero-order chi connectivity index (χ0) is 22.0. The number of hydrogen-bond donors (Lipinski definition) is 1. The molecule has 2 atom stereocenters. The van der Waals surface area contributed by atoms with Crippen LogP contribution in [0.15, 0.2) is 46.3 Å². The van der Waals surface area contributed by atoms with Crippen LogP contribution in [0.5, 0.6) is 0 Å². The van der Waals surface area contributed by atoms with E-state index in [9.17, 15) is 19.6 Å². The Morgan fingerprint density at radius 2 is 2.07 bits per heavy atom. The SMILES string of the molecule is CCOC(=O)C1=C2S[C@H](CC(=O)OC)C(=O)N2C(N)=C(C#N)[C@@H]1c1ccccc1Cl. The van der Waals surface area contributed by atoms with E-state index >= 15 is 0 Å². The van der Waals surface area contributed by atoms with Crippen molar-refractivity contribution in [3.05, 3.63) is 56.8 Å². The molecule has 8 nitrogen and oxygen atoms in total. The highest BCUT2D eigenvalue weighted by molar-refractivity contribution is 8.04. The van der Waals surface area contributed by atoms with Crippen molar-refractivity contribution in [1.82, 2.24) is 4.90 Å². The highest BCUT2D eigenvalue weighted by Gasteiger charge is 2.49. The number of allylic oxidation sites excluding steroid dienone is 1. The molecule has 1 saturated heterocycles. The predicted octanol–water partition coefficient (Wildman–Crippen LogP) is 2.41. The van der Waals surface area contributed by atoms with Crippen LogP contribution in [0.4, 0.5) is 0 Å². The summed E-state index contributed by atoms with van der Waals surface area (Å²) in [5.74, 6) is -2.79. The van der Waals surface area contributed by atoms with Crippen molar-refractivity contribution in [2.45, 2.75) is 24.5 Å². The van der Waals surface area contributed by atoms with Gasteiger partial charge in [-0.05, 0) is 18.6 Å². The van der Waals surface area contributed by atoms with E-state index in [0.29, 0.717) is 10.6 Å². The van der Waals surface area contributed by atoms with E-state index in [-0.39, 0.29) is 35.0 Å². The number of nitrogens with zero attached hydrogens (tertiary/aromatic N) is 2. The van der Waals surface area contributed by atoms with Crippen molar-refractivity contribution < 1.29 is 23.9 Å². The van der Waals surface area contributed by atoms with Gasteiger partial charge in [-0.25, -0.2) is 4.79 Å². The van der Waals surface area contributed by atoms with Crippen LogP contribution < -0.4 is 5.73 Å². The number of halogens is 1. The van der Waals surface area contributed by atoms with Crippen molar-refractivity contribution in [3.63, 3.8) is 0 Å². The molecular weight excluding hydrogens is 430 g/mol. The van der Waals surface area contributed by atoms with E-state index in [1.807, 2.05) is 6.07 Å². The van der Waals surface area contributed by atoms with Gasteiger partial charge in [-0.1, -0.05) is 41.6 Å². The summed E-state index contributed by atoms with van der Waals surface area (Å²) >= 11 is 7.38. The van der Waals surface area contributed by atoms with Crippen molar-refractivity contribution >= 4 is 41.2 Å². The molecule has 0 saturated carbocycles. The fourth-order valence-electron chi connectivity index (χ4n) is 3.35. The molecule has 2 aliphatic rings. The first-order valence-electron chi connectivity index (χ1n) is 8.98. The van der Waals surface area contributed by atoms with E-state index in [4.69, 9.17) is 22.1 Å². The molecule has 3 rings (SSSR count). The van der Waals surface area contributed by atoms with Crippen LogP contribution in [-0.2, 0) is 23.9 Å². The molecule has 1 aromatic carbocycles. The van der Waals surface area contributed by atoms with Gasteiger partial charge in [-0.3, -0.25) is 14.5 Å². The predicted molar refractivity (Wildman–Crippen MR) is 110 cm³/mol. The lowest BCUT2D eigenvalue weighted by atomic mass is 9.83. The molecule has 0 radical (unpaired) electrons. The molecule has 1 aromatic rings. The number of hydrogen-bond acceptors (Lipinski definition) is 8. The van der Waals surface area contributed by atoms with E-state index in [1.165, 1.54) is 7.11 Å². The van der Waals surface area contributed by atoms with Gasteiger partial charge in [0.25, 0.3) is 0 Å². The van der Waals surface area contributed by atoms with Gasteiger partial charge in [0.05, 0.1) is 48.3 Å². The summed E-state index contributed by atoms with van der Waals surface area (Å²) in [5, 5.41) is 9.56. The third kappa shape index (κ3) is 3.64. The van der Waals surface area contributed by atoms with Crippen molar-refractivity contribution in [1.29, 1.82) is 5.26 Å². The third-order valence-electron chi connectivity index (χ3n) is 4.69. The number of fused-ring (bicyclic) bond motifs is 1. The first-order chi connectivity index (χ1) is 14.3. The van der Waals surface area contributed by atoms with Gasteiger partial charge in [-0.2, -0.15) is 5.26 Å². The monoisotopic (exact) mass is 447 g/mol. The van der Waals surface area contributed by atoms with E-state index < -0.39 is 29.0 Å². The topological polar surface area (TPSA) is 123 Å². The van der Waals surface area contributed by atoms with Gasteiger partial charge in [-0.15, -0.1) is 0 Å². The van der Waals surface area contributed by atoms with Gasteiger partial charge in [0, 0.05) is 5.02 Å². The highest BCUT2D eigenvalue weighted by atomic mass is 35.5. The molecule has 2 aliphatic heterocycles. The zero-order valence-electron chi connectivity index (χ0n) is 16.2.